The van der Waals surface area contributed by atoms with Crippen molar-refractivity contribution in [1.82, 2.24) is 0 Å². The van der Waals surface area contributed by atoms with Gasteiger partial charge in [-0.15, -0.1) is 0 Å². The summed E-state index contributed by atoms with van der Waals surface area (Å²) >= 11 is 0. The van der Waals surface area contributed by atoms with Gasteiger partial charge in [-0.2, -0.15) is 0 Å². The Hall–Kier alpha value is -3.06. The van der Waals surface area contributed by atoms with Crippen LogP contribution in [0.3, 0.4) is 0 Å². The van der Waals surface area contributed by atoms with Gasteiger partial charge in [0, 0.05) is 42.2 Å². The lowest BCUT2D eigenvalue weighted by atomic mass is 9.74. The third-order valence-corrected chi connectivity index (χ3v) is 8.53. The van der Waals surface area contributed by atoms with Crippen molar-refractivity contribution >= 4 is 0 Å². The number of ether oxygens (including phenoxy) is 3. The minimum atomic E-state index is -0.295. The van der Waals surface area contributed by atoms with Gasteiger partial charge >= 0.3 is 0 Å². The highest BCUT2D eigenvalue weighted by molar-refractivity contribution is 5.63. The second kappa shape index (κ2) is 14.8. The van der Waals surface area contributed by atoms with Gasteiger partial charge < -0.3 is 31.4 Å². The van der Waals surface area contributed by atoms with Gasteiger partial charge in [0.2, 0.25) is 0 Å². The Morgan fingerprint density at radius 3 is 0.891 bits per heavy atom. The highest BCUT2D eigenvalue weighted by Crippen LogP contribution is 2.50. The van der Waals surface area contributed by atoms with Crippen molar-refractivity contribution in [3.8, 4) is 17.2 Å². The first-order valence-electron chi connectivity index (χ1n) is 16.8. The number of nitrogens with two attached hydrogens (primary N) is 3. The molecule has 6 heteroatoms. The maximum Gasteiger partial charge on any atom is 0.126 e. The molecular formula is C40H61N3O3. The Morgan fingerprint density at radius 2 is 0.696 bits per heavy atom. The average Bonchev–Trinajstić information content (AvgIpc) is 2.94. The molecule has 3 rings (SSSR count). The first kappa shape index (κ1) is 37.4. The van der Waals surface area contributed by atoms with E-state index in [2.05, 4.69) is 119 Å². The molecule has 0 saturated carbocycles. The van der Waals surface area contributed by atoms with Crippen LogP contribution in [-0.4, -0.2) is 39.5 Å². The van der Waals surface area contributed by atoms with Crippen LogP contribution in [0.25, 0.3) is 0 Å². The van der Waals surface area contributed by atoms with E-state index in [9.17, 15) is 0 Å². The fraction of sp³-hybridized carbons (Fsp3) is 0.550. The molecule has 0 aliphatic heterocycles. The molecular weight excluding hydrogens is 570 g/mol. The van der Waals surface area contributed by atoms with Gasteiger partial charge in [0.25, 0.3) is 0 Å². The van der Waals surface area contributed by atoms with Gasteiger partial charge in [0.1, 0.15) is 37.1 Å². The summed E-state index contributed by atoms with van der Waals surface area (Å²) in [5.41, 5.74) is 27.8. The molecule has 3 aromatic rings. The summed E-state index contributed by atoms with van der Waals surface area (Å²) in [5, 5.41) is 0. The first-order chi connectivity index (χ1) is 21.3. The standard InChI is InChI=1S/C40H61N3O3/c1-25-19-28(38(4,5)6)22-31(35(25)44-16-13-41)34(32-23-29(39(7,8)9)20-26(2)36(32)45-17-14-42)33-24-30(40(10,11)12)21-27(3)37(33)46-18-15-43/h19-24,34H,13-18,41-43H2,1-12H3. The molecule has 0 fully saturated rings. The van der Waals surface area contributed by atoms with Crippen molar-refractivity contribution in [2.45, 2.75) is 105 Å². The first-order valence-corrected chi connectivity index (χ1v) is 16.8. The molecule has 6 nitrogen and oxygen atoms in total. The van der Waals surface area contributed by atoms with E-state index in [1.807, 2.05) is 0 Å². The fourth-order valence-electron chi connectivity index (χ4n) is 5.92. The number of benzene rings is 3. The Kier molecular flexibility index (Phi) is 12.0. The molecule has 0 unspecified atom stereocenters. The third kappa shape index (κ3) is 8.64. The number of rotatable bonds is 12. The number of aryl methyl sites for hydroxylation is 3. The van der Waals surface area contributed by atoms with Crippen LogP contribution in [0.4, 0.5) is 0 Å². The van der Waals surface area contributed by atoms with Crippen molar-refractivity contribution in [2.75, 3.05) is 39.5 Å². The molecule has 0 aliphatic carbocycles. The number of hydrogen-bond acceptors (Lipinski definition) is 6. The lowest BCUT2D eigenvalue weighted by Crippen LogP contribution is -2.21. The fourth-order valence-corrected chi connectivity index (χ4v) is 5.92. The largest absolute Gasteiger partial charge is 0.492 e. The summed E-state index contributed by atoms with van der Waals surface area (Å²) < 4.78 is 19.7. The molecule has 0 aliphatic rings. The molecule has 0 heterocycles. The highest BCUT2D eigenvalue weighted by Gasteiger charge is 2.33. The van der Waals surface area contributed by atoms with E-state index in [4.69, 9.17) is 31.4 Å². The summed E-state index contributed by atoms with van der Waals surface area (Å²) in [4.78, 5) is 0. The lowest BCUT2D eigenvalue weighted by molar-refractivity contribution is 0.312. The zero-order valence-corrected chi connectivity index (χ0v) is 30.7. The van der Waals surface area contributed by atoms with E-state index >= 15 is 0 Å². The van der Waals surface area contributed by atoms with Crippen LogP contribution >= 0.6 is 0 Å². The third-order valence-electron chi connectivity index (χ3n) is 8.53. The summed E-state index contributed by atoms with van der Waals surface area (Å²) in [5.74, 6) is 2.23. The van der Waals surface area contributed by atoms with Crippen molar-refractivity contribution in [2.24, 2.45) is 17.2 Å². The van der Waals surface area contributed by atoms with Gasteiger partial charge in [0.05, 0.1) is 0 Å². The van der Waals surface area contributed by atoms with E-state index in [0.717, 1.165) is 50.6 Å². The van der Waals surface area contributed by atoms with Crippen LogP contribution < -0.4 is 31.4 Å². The van der Waals surface area contributed by atoms with Crippen LogP contribution in [0, 0.1) is 20.8 Å². The zero-order chi connectivity index (χ0) is 34.6. The van der Waals surface area contributed by atoms with Crippen LogP contribution in [0.15, 0.2) is 36.4 Å². The summed E-state index contributed by atoms with van der Waals surface area (Å²) in [6.45, 7) is 29.1. The van der Waals surface area contributed by atoms with Crippen LogP contribution in [0.5, 0.6) is 17.2 Å². The van der Waals surface area contributed by atoms with E-state index in [1.165, 1.54) is 16.7 Å². The maximum atomic E-state index is 6.56. The van der Waals surface area contributed by atoms with Gasteiger partial charge in [-0.05, 0) is 70.4 Å². The SMILES string of the molecule is Cc1cc(C(C)(C)C)cc(C(c2cc(C(C)(C)C)cc(C)c2OCCN)c2cc(C(C)(C)C)cc(C)c2OCCN)c1OCCN. The second-order valence-corrected chi connectivity index (χ2v) is 15.7. The van der Waals surface area contributed by atoms with Crippen molar-refractivity contribution in [3.63, 3.8) is 0 Å². The molecule has 0 atom stereocenters. The topological polar surface area (TPSA) is 106 Å². The minimum Gasteiger partial charge on any atom is -0.492 e. The molecule has 254 valence electrons. The second-order valence-electron chi connectivity index (χ2n) is 15.7. The zero-order valence-electron chi connectivity index (χ0n) is 30.7. The minimum absolute atomic E-state index is 0.0967. The molecule has 0 aromatic heterocycles. The molecule has 6 N–H and O–H groups in total. The molecule has 0 spiro atoms. The van der Waals surface area contributed by atoms with Crippen LogP contribution in [0.2, 0.25) is 0 Å². The van der Waals surface area contributed by atoms with E-state index in [1.54, 1.807) is 0 Å². The van der Waals surface area contributed by atoms with Crippen molar-refractivity contribution in [1.29, 1.82) is 0 Å². The molecule has 0 bridgehead atoms. The monoisotopic (exact) mass is 631 g/mol. The summed E-state index contributed by atoms with van der Waals surface area (Å²) in [7, 11) is 0. The predicted octanol–water partition coefficient (Wildman–Crippen LogP) is 7.70. The van der Waals surface area contributed by atoms with Gasteiger partial charge in [-0.1, -0.05) is 98.7 Å². The summed E-state index contributed by atoms with van der Waals surface area (Å²) in [6, 6.07) is 13.7. The quantitative estimate of drug-likeness (QED) is 0.177. The van der Waals surface area contributed by atoms with Gasteiger partial charge in [-0.3, -0.25) is 0 Å². The predicted molar refractivity (Wildman–Crippen MR) is 194 cm³/mol. The molecule has 0 radical (unpaired) electrons. The average molecular weight is 632 g/mol. The van der Waals surface area contributed by atoms with E-state index in [0.29, 0.717) is 39.5 Å². The Morgan fingerprint density at radius 1 is 0.457 bits per heavy atom. The van der Waals surface area contributed by atoms with Crippen LogP contribution in [-0.2, 0) is 16.2 Å². The Labute approximate surface area is 279 Å². The van der Waals surface area contributed by atoms with E-state index in [-0.39, 0.29) is 22.2 Å². The Bertz CT molecular complexity index is 1310. The van der Waals surface area contributed by atoms with Crippen molar-refractivity contribution < 1.29 is 14.2 Å². The normalized spacial score (nSPS) is 12.5. The Balaban J connectivity index is 2.68. The summed E-state index contributed by atoms with van der Waals surface area (Å²) in [6.07, 6.45) is 0. The van der Waals surface area contributed by atoms with Gasteiger partial charge in [0.15, 0.2) is 0 Å². The van der Waals surface area contributed by atoms with Gasteiger partial charge in [-0.25, -0.2) is 0 Å². The highest BCUT2D eigenvalue weighted by atomic mass is 16.5. The molecule has 3 aromatic carbocycles. The van der Waals surface area contributed by atoms with Crippen molar-refractivity contribution in [3.05, 3.63) is 86.5 Å². The smallest absolute Gasteiger partial charge is 0.126 e. The number of hydrogen-bond donors (Lipinski definition) is 3. The molecule has 0 amide bonds. The lowest BCUT2D eigenvalue weighted by Gasteiger charge is -2.32. The maximum absolute atomic E-state index is 6.56. The molecule has 46 heavy (non-hydrogen) atoms. The molecule has 0 saturated heterocycles. The van der Waals surface area contributed by atoms with Crippen LogP contribution in [0.1, 0.15) is 118 Å². The van der Waals surface area contributed by atoms with E-state index < -0.39 is 0 Å².